The molecule has 1 heterocycles. The molecule has 1 aromatic rings. The molecule has 5 heteroatoms. The van der Waals surface area contributed by atoms with E-state index < -0.39 is 0 Å². The molecule has 0 aromatic heterocycles. The summed E-state index contributed by atoms with van der Waals surface area (Å²) in [5, 5.41) is 3.09. The zero-order chi connectivity index (χ0) is 14.7. The van der Waals surface area contributed by atoms with Crippen molar-refractivity contribution in [3.8, 4) is 0 Å². The van der Waals surface area contributed by atoms with Gasteiger partial charge in [-0.3, -0.25) is 4.79 Å². The summed E-state index contributed by atoms with van der Waals surface area (Å²) in [4.78, 5) is 16.4. The molecular weight excluding hydrogens is 252 g/mol. The second-order valence-electron chi connectivity index (χ2n) is 5.74. The lowest BCUT2D eigenvalue weighted by Gasteiger charge is -2.30. The summed E-state index contributed by atoms with van der Waals surface area (Å²) in [6.45, 7) is 2.02. The van der Waals surface area contributed by atoms with Crippen LogP contribution in [-0.2, 0) is 0 Å². The normalized spacial score (nSPS) is 19.6. The highest BCUT2D eigenvalue weighted by Gasteiger charge is 2.19. The van der Waals surface area contributed by atoms with Gasteiger partial charge in [0.05, 0.1) is 11.4 Å². The minimum absolute atomic E-state index is 0.0395. The average molecular weight is 276 g/mol. The summed E-state index contributed by atoms with van der Waals surface area (Å²) in [6, 6.07) is 5.69. The molecule has 1 atom stereocenters. The number of piperidine rings is 1. The molecule has 1 unspecified atom stereocenters. The molecule has 0 spiro atoms. The van der Waals surface area contributed by atoms with Gasteiger partial charge in [0, 0.05) is 32.2 Å². The number of rotatable bonds is 3. The predicted octanol–water partition coefficient (Wildman–Crippen LogP) is 1.16. The van der Waals surface area contributed by atoms with Crippen molar-refractivity contribution in [1.29, 1.82) is 0 Å². The number of carbonyl (C=O) groups excluding carboxylic acids is 1. The van der Waals surface area contributed by atoms with Gasteiger partial charge in [-0.2, -0.15) is 0 Å². The Bertz CT molecular complexity index is 487. The molecule has 1 aromatic carbocycles. The molecule has 0 radical (unpaired) electrons. The van der Waals surface area contributed by atoms with E-state index in [9.17, 15) is 4.79 Å². The molecule has 2 rings (SSSR count). The maximum absolute atomic E-state index is 12.3. The van der Waals surface area contributed by atoms with E-state index in [2.05, 4.69) is 17.3 Å². The number of nitrogens with zero attached hydrogens (tertiary/aromatic N) is 2. The Labute approximate surface area is 120 Å². The fourth-order valence-electron chi connectivity index (χ4n) is 2.66. The van der Waals surface area contributed by atoms with Crippen LogP contribution in [0.1, 0.15) is 23.2 Å². The van der Waals surface area contributed by atoms with Crippen molar-refractivity contribution in [2.75, 3.05) is 44.9 Å². The number of anilines is 2. The van der Waals surface area contributed by atoms with Gasteiger partial charge < -0.3 is 20.9 Å². The van der Waals surface area contributed by atoms with E-state index >= 15 is 0 Å². The minimum atomic E-state index is -0.0395. The van der Waals surface area contributed by atoms with Crippen molar-refractivity contribution >= 4 is 17.3 Å². The molecule has 3 N–H and O–H groups in total. The first kappa shape index (κ1) is 14.7. The van der Waals surface area contributed by atoms with Gasteiger partial charge in [0.15, 0.2) is 0 Å². The predicted molar refractivity (Wildman–Crippen MR) is 83.2 cm³/mol. The van der Waals surface area contributed by atoms with Crippen LogP contribution in [-0.4, -0.2) is 51.1 Å². The number of nitrogens with one attached hydrogen (secondary N) is 1. The third-order valence-corrected chi connectivity index (χ3v) is 3.73. The van der Waals surface area contributed by atoms with E-state index in [-0.39, 0.29) is 11.9 Å². The first-order valence-corrected chi connectivity index (χ1v) is 7.03. The number of benzene rings is 1. The van der Waals surface area contributed by atoms with Crippen molar-refractivity contribution in [1.82, 2.24) is 10.2 Å². The average Bonchev–Trinajstić information content (AvgIpc) is 2.38. The van der Waals surface area contributed by atoms with E-state index in [0.717, 1.165) is 31.6 Å². The number of amides is 1. The van der Waals surface area contributed by atoms with Crippen LogP contribution in [0.25, 0.3) is 0 Å². The third-order valence-electron chi connectivity index (χ3n) is 3.73. The van der Waals surface area contributed by atoms with Crippen LogP contribution in [0.4, 0.5) is 11.4 Å². The first-order chi connectivity index (χ1) is 9.47. The minimum Gasteiger partial charge on any atom is -0.397 e. The monoisotopic (exact) mass is 276 g/mol. The molecule has 1 amide bonds. The van der Waals surface area contributed by atoms with Gasteiger partial charge in [-0.05, 0) is 44.6 Å². The Morgan fingerprint density at radius 3 is 2.80 bits per heavy atom. The third kappa shape index (κ3) is 3.42. The van der Waals surface area contributed by atoms with Crippen LogP contribution in [0.5, 0.6) is 0 Å². The van der Waals surface area contributed by atoms with Gasteiger partial charge in [0.2, 0.25) is 0 Å². The van der Waals surface area contributed by atoms with Gasteiger partial charge in [-0.25, -0.2) is 0 Å². The van der Waals surface area contributed by atoms with Crippen molar-refractivity contribution in [3.05, 3.63) is 23.8 Å². The summed E-state index contributed by atoms with van der Waals surface area (Å²) >= 11 is 0. The molecule has 20 heavy (non-hydrogen) atoms. The fraction of sp³-hybridized carbons (Fsp3) is 0.533. The highest BCUT2D eigenvalue weighted by Crippen LogP contribution is 2.22. The largest absolute Gasteiger partial charge is 0.397 e. The zero-order valence-electron chi connectivity index (χ0n) is 12.5. The summed E-state index contributed by atoms with van der Waals surface area (Å²) in [6.07, 6.45) is 2.17. The van der Waals surface area contributed by atoms with E-state index in [1.54, 1.807) is 6.07 Å². The van der Waals surface area contributed by atoms with Crippen LogP contribution in [0.15, 0.2) is 18.2 Å². The number of carbonyl (C=O) groups is 1. The molecule has 1 aliphatic heterocycles. The van der Waals surface area contributed by atoms with Crippen molar-refractivity contribution < 1.29 is 4.79 Å². The fourth-order valence-corrected chi connectivity index (χ4v) is 2.66. The standard InChI is InChI=1S/C15H24N4O/c1-18(2)14-7-6-11(9-13(14)16)15(20)17-12-5-4-8-19(3)10-12/h6-7,9,12H,4-5,8,10,16H2,1-3H3,(H,17,20). The summed E-state index contributed by atoms with van der Waals surface area (Å²) in [7, 11) is 5.95. The number of likely N-dealkylation sites (tertiary alicyclic amines) is 1. The van der Waals surface area contributed by atoms with Gasteiger partial charge in [-0.15, -0.1) is 0 Å². The van der Waals surface area contributed by atoms with E-state index in [1.807, 2.05) is 31.1 Å². The van der Waals surface area contributed by atoms with Crippen LogP contribution in [0.3, 0.4) is 0 Å². The van der Waals surface area contributed by atoms with Gasteiger partial charge in [0.25, 0.3) is 5.91 Å². The Hall–Kier alpha value is -1.75. The van der Waals surface area contributed by atoms with Crippen LogP contribution < -0.4 is 16.0 Å². The topological polar surface area (TPSA) is 61.6 Å². The molecule has 1 saturated heterocycles. The number of nitrogen functional groups attached to an aromatic ring is 1. The maximum Gasteiger partial charge on any atom is 0.251 e. The first-order valence-electron chi connectivity index (χ1n) is 7.03. The smallest absolute Gasteiger partial charge is 0.251 e. The molecule has 1 aliphatic rings. The molecule has 0 bridgehead atoms. The van der Waals surface area contributed by atoms with E-state index in [0.29, 0.717) is 11.3 Å². The molecule has 110 valence electrons. The Kier molecular flexibility index (Phi) is 4.49. The Morgan fingerprint density at radius 1 is 1.45 bits per heavy atom. The Morgan fingerprint density at radius 2 is 2.20 bits per heavy atom. The quantitative estimate of drug-likeness (QED) is 0.813. The van der Waals surface area contributed by atoms with E-state index in [1.165, 1.54) is 0 Å². The lowest BCUT2D eigenvalue weighted by molar-refractivity contribution is 0.0912. The number of nitrogens with two attached hydrogens (primary N) is 1. The summed E-state index contributed by atoms with van der Waals surface area (Å²) in [5.74, 6) is -0.0395. The molecule has 0 aliphatic carbocycles. The zero-order valence-corrected chi connectivity index (χ0v) is 12.5. The SMILES string of the molecule is CN1CCCC(NC(=O)c2ccc(N(C)C)c(N)c2)C1. The van der Waals surface area contributed by atoms with Crippen molar-refractivity contribution in [2.24, 2.45) is 0 Å². The van der Waals surface area contributed by atoms with Crippen LogP contribution in [0, 0.1) is 0 Å². The second-order valence-corrected chi connectivity index (χ2v) is 5.74. The van der Waals surface area contributed by atoms with Crippen LogP contribution in [0.2, 0.25) is 0 Å². The van der Waals surface area contributed by atoms with Crippen molar-refractivity contribution in [2.45, 2.75) is 18.9 Å². The molecular formula is C15H24N4O. The maximum atomic E-state index is 12.3. The highest BCUT2D eigenvalue weighted by atomic mass is 16.1. The summed E-state index contributed by atoms with van der Waals surface area (Å²) < 4.78 is 0. The lowest BCUT2D eigenvalue weighted by atomic mass is 10.1. The van der Waals surface area contributed by atoms with Crippen LogP contribution >= 0.6 is 0 Å². The summed E-state index contributed by atoms with van der Waals surface area (Å²) in [5.41, 5.74) is 8.17. The highest BCUT2D eigenvalue weighted by molar-refractivity contribution is 5.96. The van der Waals surface area contributed by atoms with Gasteiger partial charge >= 0.3 is 0 Å². The van der Waals surface area contributed by atoms with Gasteiger partial charge in [0.1, 0.15) is 0 Å². The second kappa shape index (κ2) is 6.13. The van der Waals surface area contributed by atoms with E-state index in [4.69, 9.17) is 5.73 Å². The number of hydrogen-bond donors (Lipinski definition) is 2. The number of likely N-dealkylation sites (N-methyl/N-ethyl adjacent to an activating group) is 1. The Balaban J connectivity index is 2.04. The molecule has 5 nitrogen and oxygen atoms in total. The van der Waals surface area contributed by atoms with Crippen molar-refractivity contribution in [3.63, 3.8) is 0 Å². The van der Waals surface area contributed by atoms with Gasteiger partial charge in [-0.1, -0.05) is 0 Å². The molecule has 1 fully saturated rings. The molecule has 0 saturated carbocycles. The lowest BCUT2D eigenvalue weighted by Crippen LogP contribution is -2.46. The number of hydrogen-bond acceptors (Lipinski definition) is 4.